The van der Waals surface area contributed by atoms with E-state index in [1.165, 1.54) is 30.4 Å². The molecule has 1 aliphatic carbocycles. The zero-order valence-electron chi connectivity index (χ0n) is 18.6. The number of rotatable bonds is 5. The molecule has 5 nitrogen and oxygen atoms in total. The Bertz CT molecular complexity index is 709. The predicted octanol–water partition coefficient (Wildman–Crippen LogP) is 2.52. The molecule has 0 amide bonds. The lowest BCUT2D eigenvalue weighted by Crippen LogP contribution is -2.60. The molecule has 4 rings (SSSR count). The second kappa shape index (κ2) is 8.18. The summed E-state index contributed by atoms with van der Waals surface area (Å²) in [5.41, 5.74) is 2.20. The fraction of sp³-hybridized carbons (Fsp3) is 0.750. The number of nitrogens with zero attached hydrogens (tertiary/aromatic N) is 3. The molecule has 5 heteroatoms. The fourth-order valence-electron chi connectivity index (χ4n) is 6.17. The van der Waals surface area contributed by atoms with E-state index in [1.54, 1.807) is 0 Å². The molecule has 2 bridgehead atoms. The van der Waals surface area contributed by atoms with Gasteiger partial charge in [0.2, 0.25) is 0 Å². The van der Waals surface area contributed by atoms with E-state index in [9.17, 15) is 10.2 Å². The lowest BCUT2D eigenvalue weighted by Gasteiger charge is -2.52. The highest BCUT2D eigenvalue weighted by Crippen LogP contribution is 2.43. The van der Waals surface area contributed by atoms with Crippen LogP contribution in [0.15, 0.2) is 18.2 Å². The molecule has 2 N–H and O–H groups in total. The van der Waals surface area contributed by atoms with E-state index in [1.807, 2.05) is 26.0 Å². The first-order chi connectivity index (χ1) is 13.7. The number of hydrogen-bond acceptors (Lipinski definition) is 5. The number of likely N-dealkylation sites (tertiary alicyclic amines) is 2. The number of phenols is 1. The summed E-state index contributed by atoms with van der Waals surface area (Å²) in [6.45, 7) is 9.06. The first kappa shape index (κ1) is 21.1. The summed E-state index contributed by atoms with van der Waals surface area (Å²) in [7, 11) is 4.60. The van der Waals surface area contributed by atoms with Gasteiger partial charge in [-0.05, 0) is 102 Å². The number of likely N-dealkylation sites (N-methyl/N-ethyl adjacent to an activating group) is 2. The molecule has 2 aliphatic heterocycles. The van der Waals surface area contributed by atoms with Crippen LogP contribution in [0.5, 0.6) is 5.75 Å². The van der Waals surface area contributed by atoms with Crippen LogP contribution in [-0.2, 0) is 6.42 Å². The maximum absolute atomic E-state index is 10.1. The van der Waals surface area contributed by atoms with E-state index >= 15 is 0 Å². The van der Waals surface area contributed by atoms with Crippen LogP contribution in [0.3, 0.4) is 0 Å². The van der Waals surface area contributed by atoms with Gasteiger partial charge in [0.05, 0.1) is 5.60 Å². The van der Waals surface area contributed by atoms with E-state index in [4.69, 9.17) is 0 Å². The van der Waals surface area contributed by atoms with E-state index in [0.29, 0.717) is 23.8 Å². The van der Waals surface area contributed by atoms with Crippen molar-refractivity contribution in [2.75, 3.05) is 46.8 Å². The van der Waals surface area contributed by atoms with Crippen LogP contribution < -0.4 is 0 Å². The molecule has 29 heavy (non-hydrogen) atoms. The number of piperidine rings is 2. The number of β-amino-alcohol motifs (C(OH)–C–C–N with tert-alkyl or cyclic N) is 1. The number of fused-ring (bicyclic) bond motifs is 4. The Morgan fingerprint density at radius 2 is 1.86 bits per heavy atom. The number of benzene rings is 1. The molecule has 3 atom stereocenters. The van der Waals surface area contributed by atoms with Crippen molar-refractivity contribution >= 4 is 0 Å². The molecule has 3 aliphatic rings. The minimum absolute atomic E-state index is 0.404. The van der Waals surface area contributed by atoms with Crippen molar-refractivity contribution in [3.63, 3.8) is 0 Å². The number of hydrogen-bond donors (Lipinski definition) is 2. The van der Waals surface area contributed by atoms with E-state index in [2.05, 4.69) is 34.9 Å². The Balaban J connectivity index is 1.43. The van der Waals surface area contributed by atoms with Crippen molar-refractivity contribution in [1.29, 1.82) is 0 Å². The summed E-state index contributed by atoms with van der Waals surface area (Å²) in [6, 6.07) is 7.10. The Morgan fingerprint density at radius 3 is 2.55 bits per heavy atom. The van der Waals surface area contributed by atoms with Gasteiger partial charge in [0.15, 0.2) is 0 Å². The summed E-state index contributed by atoms with van der Waals surface area (Å²) in [4.78, 5) is 7.60. The summed E-state index contributed by atoms with van der Waals surface area (Å²) in [6.07, 6.45) is 4.69. The molecule has 2 fully saturated rings. The standard InChI is InChI=1S/C24H39N3O2/c1-24(2,29)16-27-11-7-17(8-12-27)15-26(4)23-20-9-10-25(3)22(23)13-18-5-6-19(28)14-21(18)20/h5-6,14,17,20,22-23,28-29H,7-13,15-16H2,1-4H3/t20-,22+,23+/m0/s1. The minimum atomic E-state index is -0.604. The van der Waals surface area contributed by atoms with Crippen LogP contribution in [0.2, 0.25) is 0 Å². The van der Waals surface area contributed by atoms with Crippen LogP contribution >= 0.6 is 0 Å². The maximum atomic E-state index is 10.1. The van der Waals surface area contributed by atoms with Crippen LogP contribution in [0.25, 0.3) is 0 Å². The predicted molar refractivity (Wildman–Crippen MR) is 117 cm³/mol. The van der Waals surface area contributed by atoms with Crippen molar-refractivity contribution in [3.05, 3.63) is 29.3 Å². The van der Waals surface area contributed by atoms with Crippen LogP contribution in [-0.4, -0.2) is 89.4 Å². The number of phenolic OH excluding ortho intramolecular Hbond substituents is 1. The molecule has 0 unspecified atom stereocenters. The first-order valence-corrected chi connectivity index (χ1v) is 11.4. The van der Waals surface area contributed by atoms with Crippen molar-refractivity contribution in [1.82, 2.24) is 14.7 Å². The molecule has 0 radical (unpaired) electrons. The summed E-state index contributed by atoms with van der Waals surface area (Å²) in [5, 5.41) is 20.2. The van der Waals surface area contributed by atoms with Crippen molar-refractivity contribution < 1.29 is 10.2 Å². The van der Waals surface area contributed by atoms with Gasteiger partial charge in [-0.15, -0.1) is 0 Å². The quantitative estimate of drug-likeness (QED) is 0.794. The SMILES string of the molecule is CN(CC1CCN(CC(C)(C)O)CC1)[C@H]1[C@H]2Cc3ccc(O)cc3[C@@H]1CCN2C. The normalized spacial score (nSPS) is 29.2. The smallest absolute Gasteiger partial charge is 0.115 e. The van der Waals surface area contributed by atoms with Gasteiger partial charge in [0.1, 0.15) is 5.75 Å². The van der Waals surface area contributed by atoms with Crippen LogP contribution in [0.1, 0.15) is 50.2 Å². The Hall–Kier alpha value is -1.14. The Labute approximate surface area is 176 Å². The monoisotopic (exact) mass is 401 g/mol. The van der Waals surface area contributed by atoms with Gasteiger partial charge < -0.3 is 24.9 Å². The molecule has 2 heterocycles. The molecule has 0 saturated carbocycles. The third kappa shape index (κ3) is 4.63. The second-order valence-corrected chi connectivity index (χ2v) is 10.5. The van der Waals surface area contributed by atoms with Gasteiger partial charge in [0, 0.05) is 31.1 Å². The molecular weight excluding hydrogens is 362 g/mol. The lowest BCUT2D eigenvalue weighted by atomic mass is 9.71. The molecule has 1 aromatic rings. The Morgan fingerprint density at radius 1 is 1.14 bits per heavy atom. The third-order valence-corrected chi connectivity index (χ3v) is 7.50. The lowest BCUT2D eigenvalue weighted by molar-refractivity contribution is 0.0110. The van der Waals surface area contributed by atoms with Crippen LogP contribution in [0.4, 0.5) is 0 Å². The molecular formula is C24H39N3O2. The number of aromatic hydroxyl groups is 1. The fourth-order valence-corrected chi connectivity index (χ4v) is 6.17. The topological polar surface area (TPSA) is 50.2 Å². The Kier molecular flexibility index (Phi) is 5.95. The average Bonchev–Trinajstić information content (AvgIpc) is 2.65. The summed E-state index contributed by atoms with van der Waals surface area (Å²) >= 11 is 0. The highest BCUT2D eigenvalue weighted by atomic mass is 16.3. The second-order valence-electron chi connectivity index (χ2n) is 10.5. The third-order valence-electron chi connectivity index (χ3n) is 7.50. The largest absolute Gasteiger partial charge is 0.508 e. The minimum Gasteiger partial charge on any atom is -0.508 e. The van der Waals surface area contributed by atoms with Crippen molar-refractivity contribution in [2.45, 2.75) is 63.1 Å². The van der Waals surface area contributed by atoms with Gasteiger partial charge in [-0.2, -0.15) is 0 Å². The molecule has 162 valence electrons. The zero-order valence-corrected chi connectivity index (χ0v) is 18.6. The zero-order chi connectivity index (χ0) is 20.8. The molecule has 0 aromatic heterocycles. The number of aliphatic hydroxyl groups is 1. The van der Waals surface area contributed by atoms with E-state index < -0.39 is 5.60 Å². The maximum Gasteiger partial charge on any atom is 0.115 e. The average molecular weight is 402 g/mol. The van der Waals surface area contributed by atoms with Gasteiger partial charge >= 0.3 is 0 Å². The van der Waals surface area contributed by atoms with Gasteiger partial charge in [-0.3, -0.25) is 0 Å². The van der Waals surface area contributed by atoms with E-state index in [-0.39, 0.29) is 0 Å². The summed E-state index contributed by atoms with van der Waals surface area (Å²) < 4.78 is 0. The van der Waals surface area contributed by atoms with Crippen LogP contribution in [0, 0.1) is 5.92 Å². The van der Waals surface area contributed by atoms with Gasteiger partial charge in [-0.1, -0.05) is 6.07 Å². The highest BCUT2D eigenvalue weighted by Gasteiger charge is 2.44. The van der Waals surface area contributed by atoms with E-state index in [0.717, 1.165) is 45.1 Å². The molecule has 1 aromatic carbocycles. The summed E-state index contributed by atoms with van der Waals surface area (Å²) in [5.74, 6) is 1.66. The highest BCUT2D eigenvalue weighted by molar-refractivity contribution is 5.42. The van der Waals surface area contributed by atoms with Crippen molar-refractivity contribution in [2.24, 2.45) is 5.92 Å². The van der Waals surface area contributed by atoms with Gasteiger partial charge in [0.25, 0.3) is 0 Å². The van der Waals surface area contributed by atoms with Crippen molar-refractivity contribution in [3.8, 4) is 5.75 Å². The van der Waals surface area contributed by atoms with Gasteiger partial charge in [-0.25, -0.2) is 0 Å². The first-order valence-electron chi connectivity index (χ1n) is 11.4. The molecule has 2 saturated heterocycles. The molecule has 0 spiro atoms.